The Morgan fingerprint density at radius 3 is 2.84 bits per heavy atom. The zero-order valence-corrected chi connectivity index (χ0v) is 10.4. The van der Waals surface area contributed by atoms with Crippen molar-refractivity contribution in [2.75, 3.05) is 0 Å². The first-order valence-electron chi connectivity index (χ1n) is 5.74. The maximum absolute atomic E-state index is 13.3. The highest BCUT2D eigenvalue weighted by Crippen LogP contribution is 2.26. The summed E-state index contributed by atoms with van der Waals surface area (Å²) in [6, 6.07) is 10.1. The summed E-state index contributed by atoms with van der Waals surface area (Å²) < 4.78 is 15.2. The fourth-order valence-corrected chi connectivity index (χ4v) is 2.50. The molecule has 0 amide bonds. The summed E-state index contributed by atoms with van der Waals surface area (Å²) in [5.41, 5.74) is 3.24. The Morgan fingerprint density at radius 2 is 1.95 bits per heavy atom. The van der Waals surface area contributed by atoms with Gasteiger partial charge in [0, 0.05) is 5.39 Å². The number of pyridine rings is 1. The van der Waals surface area contributed by atoms with E-state index < -0.39 is 0 Å². The lowest BCUT2D eigenvalue weighted by Gasteiger charge is -2.01. The zero-order valence-electron chi connectivity index (χ0n) is 9.64. The molecule has 19 heavy (non-hydrogen) atoms. The molecule has 3 heterocycles. The highest BCUT2D eigenvalue weighted by Gasteiger charge is 2.09. The van der Waals surface area contributed by atoms with Gasteiger partial charge in [0.1, 0.15) is 22.8 Å². The van der Waals surface area contributed by atoms with Gasteiger partial charge in [0.15, 0.2) is 0 Å². The van der Waals surface area contributed by atoms with Crippen LogP contribution >= 0.6 is 11.6 Å². The standard InChI is InChI=1S/C14H7ClFN3/c15-13-4-2-10-14(18-13)12-6-8-5-9(16)1-3-11(8)19(12)7-17-10/h1-7H. The molecule has 0 fully saturated rings. The normalized spacial score (nSPS) is 11.7. The third-order valence-electron chi connectivity index (χ3n) is 3.20. The average molecular weight is 272 g/mol. The van der Waals surface area contributed by atoms with E-state index in [1.54, 1.807) is 18.5 Å². The van der Waals surface area contributed by atoms with Crippen molar-refractivity contribution in [2.24, 2.45) is 0 Å². The van der Waals surface area contributed by atoms with Crippen molar-refractivity contribution in [3.63, 3.8) is 0 Å². The fraction of sp³-hybridized carbons (Fsp3) is 0. The third kappa shape index (κ3) is 1.50. The molecule has 1 aromatic carbocycles. The van der Waals surface area contributed by atoms with E-state index >= 15 is 0 Å². The summed E-state index contributed by atoms with van der Waals surface area (Å²) in [6.45, 7) is 0. The summed E-state index contributed by atoms with van der Waals surface area (Å²) in [5, 5.41) is 1.23. The summed E-state index contributed by atoms with van der Waals surface area (Å²) >= 11 is 5.93. The van der Waals surface area contributed by atoms with Crippen LogP contribution in [0.5, 0.6) is 0 Å². The van der Waals surface area contributed by atoms with E-state index in [-0.39, 0.29) is 5.82 Å². The third-order valence-corrected chi connectivity index (χ3v) is 3.41. The molecule has 0 saturated heterocycles. The topological polar surface area (TPSA) is 30.2 Å². The molecule has 0 bridgehead atoms. The maximum Gasteiger partial charge on any atom is 0.130 e. The lowest BCUT2D eigenvalue weighted by atomic mass is 10.2. The molecule has 0 aliphatic heterocycles. The van der Waals surface area contributed by atoms with Crippen LogP contribution in [0.25, 0.3) is 27.5 Å². The van der Waals surface area contributed by atoms with Gasteiger partial charge in [-0.1, -0.05) is 11.6 Å². The minimum atomic E-state index is -0.258. The molecule has 4 aromatic rings. The van der Waals surface area contributed by atoms with Gasteiger partial charge in [0.05, 0.1) is 16.6 Å². The van der Waals surface area contributed by atoms with E-state index in [4.69, 9.17) is 11.6 Å². The number of rotatable bonds is 0. The van der Waals surface area contributed by atoms with Crippen LogP contribution in [0.1, 0.15) is 0 Å². The summed E-state index contributed by atoms with van der Waals surface area (Å²) in [6.07, 6.45) is 1.72. The van der Waals surface area contributed by atoms with Crippen molar-refractivity contribution in [3.05, 3.63) is 53.7 Å². The van der Waals surface area contributed by atoms with E-state index in [1.165, 1.54) is 12.1 Å². The van der Waals surface area contributed by atoms with Crippen LogP contribution in [0.2, 0.25) is 5.15 Å². The Bertz CT molecular complexity index is 946. The van der Waals surface area contributed by atoms with Crippen LogP contribution in [0, 0.1) is 5.82 Å². The van der Waals surface area contributed by atoms with Gasteiger partial charge in [-0.05, 0) is 36.4 Å². The van der Waals surface area contributed by atoms with E-state index in [1.807, 2.05) is 16.5 Å². The highest BCUT2D eigenvalue weighted by atomic mass is 35.5. The van der Waals surface area contributed by atoms with Gasteiger partial charge in [0.25, 0.3) is 0 Å². The van der Waals surface area contributed by atoms with Gasteiger partial charge in [-0.15, -0.1) is 0 Å². The van der Waals surface area contributed by atoms with Crippen molar-refractivity contribution in [1.29, 1.82) is 0 Å². The van der Waals surface area contributed by atoms with E-state index in [0.717, 1.165) is 21.9 Å². The minimum absolute atomic E-state index is 0.258. The smallest absolute Gasteiger partial charge is 0.130 e. The molecule has 3 nitrogen and oxygen atoms in total. The molecular weight excluding hydrogens is 265 g/mol. The maximum atomic E-state index is 13.3. The average Bonchev–Trinajstić information content (AvgIpc) is 2.76. The second-order valence-corrected chi connectivity index (χ2v) is 4.74. The van der Waals surface area contributed by atoms with Crippen LogP contribution in [0.3, 0.4) is 0 Å². The molecule has 4 rings (SSSR count). The molecule has 92 valence electrons. The predicted molar refractivity (Wildman–Crippen MR) is 73.0 cm³/mol. The number of fused-ring (bicyclic) bond motifs is 5. The molecule has 0 aliphatic rings. The van der Waals surface area contributed by atoms with E-state index in [0.29, 0.717) is 10.7 Å². The fourth-order valence-electron chi connectivity index (χ4n) is 2.35. The van der Waals surface area contributed by atoms with Crippen molar-refractivity contribution >= 4 is 39.1 Å². The largest absolute Gasteiger partial charge is 0.298 e. The van der Waals surface area contributed by atoms with Gasteiger partial charge in [-0.3, -0.25) is 4.40 Å². The lowest BCUT2D eigenvalue weighted by Crippen LogP contribution is -1.91. The monoisotopic (exact) mass is 271 g/mol. The quantitative estimate of drug-likeness (QED) is 0.455. The van der Waals surface area contributed by atoms with Crippen molar-refractivity contribution in [2.45, 2.75) is 0 Å². The Balaban J connectivity index is 2.26. The van der Waals surface area contributed by atoms with Crippen molar-refractivity contribution < 1.29 is 4.39 Å². The van der Waals surface area contributed by atoms with Crippen LogP contribution < -0.4 is 0 Å². The van der Waals surface area contributed by atoms with Crippen LogP contribution in [-0.4, -0.2) is 14.4 Å². The highest BCUT2D eigenvalue weighted by molar-refractivity contribution is 6.29. The van der Waals surface area contributed by atoms with Crippen LogP contribution in [0.15, 0.2) is 42.7 Å². The number of halogens is 2. The molecule has 0 unspecified atom stereocenters. The molecule has 0 atom stereocenters. The molecule has 0 saturated carbocycles. The van der Waals surface area contributed by atoms with Gasteiger partial charge >= 0.3 is 0 Å². The SMILES string of the molecule is Fc1ccc2c(c1)cc1c3nc(Cl)ccc3ncn21. The van der Waals surface area contributed by atoms with Gasteiger partial charge in [-0.2, -0.15) is 0 Å². The van der Waals surface area contributed by atoms with Gasteiger partial charge < -0.3 is 0 Å². The molecule has 5 heteroatoms. The minimum Gasteiger partial charge on any atom is -0.298 e. The van der Waals surface area contributed by atoms with E-state index in [9.17, 15) is 4.39 Å². The summed E-state index contributed by atoms with van der Waals surface area (Å²) in [7, 11) is 0. The summed E-state index contributed by atoms with van der Waals surface area (Å²) in [4.78, 5) is 8.65. The van der Waals surface area contributed by atoms with Gasteiger partial charge in [0.2, 0.25) is 0 Å². The molecule has 0 aliphatic carbocycles. The molecule has 0 N–H and O–H groups in total. The number of hydrogen-bond donors (Lipinski definition) is 0. The second kappa shape index (κ2) is 3.65. The second-order valence-electron chi connectivity index (χ2n) is 4.35. The first-order chi connectivity index (χ1) is 9.22. The Hall–Kier alpha value is -2.20. The number of nitrogens with zero attached hydrogens (tertiary/aromatic N) is 3. The van der Waals surface area contributed by atoms with Crippen LogP contribution in [0.4, 0.5) is 4.39 Å². The Morgan fingerprint density at radius 1 is 1.05 bits per heavy atom. The molecule has 0 spiro atoms. The van der Waals surface area contributed by atoms with Crippen LogP contribution in [-0.2, 0) is 0 Å². The Kier molecular flexibility index (Phi) is 2.05. The van der Waals surface area contributed by atoms with E-state index in [2.05, 4.69) is 9.97 Å². The predicted octanol–water partition coefficient (Wildman–Crippen LogP) is 3.83. The van der Waals surface area contributed by atoms with Gasteiger partial charge in [-0.25, -0.2) is 14.4 Å². The first-order valence-corrected chi connectivity index (χ1v) is 6.12. The number of aromatic nitrogens is 3. The van der Waals surface area contributed by atoms with Crippen molar-refractivity contribution in [1.82, 2.24) is 14.4 Å². The summed E-state index contributed by atoms with van der Waals surface area (Å²) in [5.74, 6) is -0.258. The zero-order chi connectivity index (χ0) is 13.0. The molecule has 0 radical (unpaired) electrons. The number of benzene rings is 1. The first kappa shape index (κ1) is 10.7. The number of hydrogen-bond acceptors (Lipinski definition) is 2. The lowest BCUT2D eigenvalue weighted by molar-refractivity contribution is 0.629. The molecule has 3 aromatic heterocycles. The molecular formula is C14H7ClFN3. The Labute approximate surface area is 112 Å². The van der Waals surface area contributed by atoms with Crippen molar-refractivity contribution in [3.8, 4) is 0 Å².